The fourth-order valence-electron chi connectivity index (χ4n) is 2.21. The summed E-state index contributed by atoms with van der Waals surface area (Å²) in [6, 6.07) is 3.72. The van der Waals surface area contributed by atoms with Crippen LogP contribution in [0.15, 0.2) is 24.5 Å². The molecule has 1 saturated carbocycles. The predicted octanol–water partition coefficient (Wildman–Crippen LogP) is 3.25. The molecule has 0 unspecified atom stereocenters. The molecule has 1 fully saturated rings. The summed E-state index contributed by atoms with van der Waals surface area (Å²) in [5.74, 6) is 0.758. The summed E-state index contributed by atoms with van der Waals surface area (Å²) < 4.78 is 11.1. The standard InChI is InChI=1S/C16H24N2O3/c1-15(2,3)21-14(19)18(4)16(7-8-16)9-11-20-13-6-5-10-17-12-13/h5-6,10,12H,7-9,11H2,1-4H3. The molecule has 0 aliphatic heterocycles. The molecule has 1 aliphatic rings. The summed E-state index contributed by atoms with van der Waals surface area (Å²) in [5, 5.41) is 0. The summed E-state index contributed by atoms with van der Waals surface area (Å²) in [6.45, 7) is 6.20. The van der Waals surface area contributed by atoms with Crippen LogP contribution in [0.5, 0.6) is 5.75 Å². The highest BCUT2D eigenvalue weighted by atomic mass is 16.6. The van der Waals surface area contributed by atoms with E-state index < -0.39 is 5.60 Å². The second-order valence-electron chi connectivity index (χ2n) is 6.55. The largest absolute Gasteiger partial charge is 0.492 e. The number of rotatable bonds is 5. The number of ether oxygens (including phenoxy) is 2. The maximum atomic E-state index is 12.1. The zero-order valence-electron chi connectivity index (χ0n) is 13.3. The van der Waals surface area contributed by atoms with E-state index in [1.807, 2.05) is 40.0 Å². The van der Waals surface area contributed by atoms with Gasteiger partial charge < -0.3 is 14.4 Å². The van der Waals surface area contributed by atoms with Gasteiger partial charge in [-0.1, -0.05) is 0 Å². The molecule has 5 nitrogen and oxygen atoms in total. The third-order valence-electron chi connectivity index (χ3n) is 3.68. The Morgan fingerprint density at radius 3 is 2.67 bits per heavy atom. The van der Waals surface area contributed by atoms with E-state index in [9.17, 15) is 4.79 Å². The normalized spacial score (nSPS) is 16.2. The van der Waals surface area contributed by atoms with Crippen LogP contribution in [0.2, 0.25) is 0 Å². The number of carbonyl (C=O) groups is 1. The molecule has 0 saturated heterocycles. The van der Waals surface area contributed by atoms with E-state index in [4.69, 9.17) is 9.47 Å². The Morgan fingerprint density at radius 1 is 1.43 bits per heavy atom. The average Bonchev–Trinajstić information content (AvgIpc) is 3.18. The minimum atomic E-state index is -0.465. The van der Waals surface area contributed by atoms with Crippen molar-refractivity contribution in [3.8, 4) is 5.75 Å². The molecule has 0 aromatic carbocycles. The van der Waals surface area contributed by atoms with Crippen LogP contribution in [-0.2, 0) is 4.74 Å². The maximum absolute atomic E-state index is 12.1. The molecule has 116 valence electrons. The minimum Gasteiger partial charge on any atom is -0.492 e. The van der Waals surface area contributed by atoms with Crippen LogP contribution in [0, 0.1) is 0 Å². The minimum absolute atomic E-state index is 0.107. The SMILES string of the molecule is CN(C(=O)OC(C)(C)C)C1(CCOc2cccnc2)CC1. The third kappa shape index (κ3) is 4.34. The molecule has 0 atom stereocenters. The highest BCUT2D eigenvalue weighted by Gasteiger charge is 2.49. The molecule has 0 N–H and O–H groups in total. The van der Waals surface area contributed by atoms with E-state index >= 15 is 0 Å². The first kappa shape index (κ1) is 15.6. The maximum Gasteiger partial charge on any atom is 0.410 e. The van der Waals surface area contributed by atoms with Gasteiger partial charge in [0.15, 0.2) is 0 Å². The summed E-state index contributed by atoms with van der Waals surface area (Å²) in [5.41, 5.74) is -0.571. The van der Waals surface area contributed by atoms with Crippen LogP contribution in [0.4, 0.5) is 4.79 Å². The molecule has 2 rings (SSSR count). The lowest BCUT2D eigenvalue weighted by Crippen LogP contribution is -2.43. The van der Waals surface area contributed by atoms with Gasteiger partial charge in [-0.2, -0.15) is 0 Å². The lowest BCUT2D eigenvalue weighted by atomic mass is 10.1. The Kier molecular flexibility index (Phi) is 4.40. The highest BCUT2D eigenvalue weighted by Crippen LogP contribution is 2.44. The van der Waals surface area contributed by atoms with Gasteiger partial charge in [0, 0.05) is 25.2 Å². The van der Waals surface area contributed by atoms with E-state index in [2.05, 4.69) is 4.98 Å². The molecule has 5 heteroatoms. The van der Waals surface area contributed by atoms with Gasteiger partial charge >= 0.3 is 6.09 Å². The molecule has 1 aliphatic carbocycles. The van der Waals surface area contributed by atoms with Crippen LogP contribution < -0.4 is 4.74 Å². The second-order valence-corrected chi connectivity index (χ2v) is 6.55. The number of hydrogen-bond donors (Lipinski definition) is 0. The Labute approximate surface area is 126 Å². The Hall–Kier alpha value is -1.78. The van der Waals surface area contributed by atoms with E-state index in [0.717, 1.165) is 25.0 Å². The van der Waals surface area contributed by atoms with Crippen molar-refractivity contribution in [3.05, 3.63) is 24.5 Å². The van der Waals surface area contributed by atoms with Crippen molar-refractivity contribution in [2.45, 2.75) is 51.2 Å². The Morgan fingerprint density at radius 2 is 2.14 bits per heavy atom. The average molecular weight is 292 g/mol. The van der Waals surface area contributed by atoms with Crippen molar-refractivity contribution in [2.75, 3.05) is 13.7 Å². The summed E-state index contributed by atoms with van der Waals surface area (Å²) in [4.78, 5) is 17.9. The fourth-order valence-corrected chi connectivity index (χ4v) is 2.21. The Bertz CT molecular complexity index is 478. The highest BCUT2D eigenvalue weighted by molar-refractivity contribution is 5.69. The van der Waals surface area contributed by atoms with Gasteiger partial charge in [-0.05, 0) is 45.7 Å². The van der Waals surface area contributed by atoms with Crippen LogP contribution >= 0.6 is 0 Å². The molecule has 0 radical (unpaired) electrons. The number of nitrogens with zero attached hydrogens (tertiary/aromatic N) is 2. The predicted molar refractivity (Wildman–Crippen MR) is 80.3 cm³/mol. The van der Waals surface area contributed by atoms with Gasteiger partial charge in [0.05, 0.1) is 12.8 Å². The van der Waals surface area contributed by atoms with Crippen LogP contribution in [-0.4, -0.2) is 40.8 Å². The Balaban J connectivity index is 1.83. The van der Waals surface area contributed by atoms with Crippen LogP contribution in [0.3, 0.4) is 0 Å². The van der Waals surface area contributed by atoms with Crippen molar-refractivity contribution < 1.29 is 14.3 Å². The fraction of sp³-hybridized carbons (Fsp3) is 0.625. The first-order chi connectivity index (χ1) is 9.82. The van der Waals surface area contributed by atoms with Gasteiger partial charge in [0.2, 0.25) is 0 Å². The monoisotopic (exact) mass is 292 g/mol. The molecular weight excluding hydrogens is 268 g/mol. The van der Waals surface area contributed by atoms with Crippen LogP contribution in [0.25, 0.3) is 0 Å². The van der Waals surface area contributed by atoms with E-state index in [-0.39, 0.29) is 11.6 Å². The quantitative estimate of drug-likeness (QED) is 0.836. The second kappa shape index (κ2) is 5.92. The van der Waals surface area contributed by atoms with E-state index in [1.165, 1.54) is 0 Å². The summed E-state index contributed by atoms with van der Waals surface area (Å²) in [6.07, 6.45) is 5.94. The molecule has 0 bridgehead atoms. The van der Waals surface area contributed by atoms with E-state index in [0.29, 0.717) is 6.61 Å². The molecule has 1 aromatic rings. The zero-order valence-corrected chi connectivity index (χ0v) is 13.3. The molecule has 1 amide bonds. The smallest absolute Gasteiger partial charge is 0.410 e. The van der Waals surface area contributed by atoms with Crippen molar-refractivity contribution in [3.63, 3.8) is 0 Å². The first-order valence-corrected chi connectivity index (χ1v) is 7.32. The third-order valence-corrected chi connectivity index (χ3v) is 3.68. The van der Waals surface area contributed by atoms with Gasteiger partial charge in [0.1, 0.15) is 11.4 Å². The lowest BCUT2D eigenvalue weighted by Gasteiger charge is -2.30. The van der Waals surface area contributed by atoms with Crippen LogP contribution in [0.1, 0.15) is 40.0 Å². The number of hydrogen-bond acceptors (Lipinski definition) is 4. The number of amides is 1. The van der Waals surface area contributed by atoms with Crippen molar-refractivity contribution in [1.29, 1.82) is 0 Å². The van der Waals surface area contributed by atoms with Gasteiger partial charge in [-0.3, -0.25) is 4.98 Å². The van der Waals surface area contributed by atoms with Gasteiger partial charge in [-0.15, -0.1) is 0 Å². The molecule has 1 aromatic heterocycles. The molecular formula is C16H24N2O3. The van der Waals surface area contributed by atoms with Crippen molar-refractivity contribution in [2.24, 2.45) is 0 Å². The van der Waals surface area contributed by atoms with Gasteiger partial charge in [-0.25, -0.2) is 4.79 Å². The number of carbonyl (C=O) groups excluding carboxylic acids is 1. The zero-order chi connectivity index (χ0) is 15.5. The summed E-state index contributed by atoms with van der Waals surface area (Å²) >= 11 is 0. The van der Waals surface area contributed by atoms with Gasteiger partial charge in [0.25, 0.3) is 0 Å². The number of pyridine rings is 1. The van der Waals surface area contributed by atoms with Crippen molar-refractivity contribution in [1.82, 2.24) is 9.88 Å². The number of aromatic nitrogens is 1. The van der Waals surface area contributed by atoms with Crippen molar-refractivity contribution >= 4 is 6.09 Å². The lowest BCUT2D eigenvalue weighted by molar-refractivity contribution is 0.0173. The molecule has 1 heterocycles. The first-order valence-electron chi connectivity index (χ1n) is 7.32. The van der Waals surface area contributed by atoms with E-state index in [1.54, 1.807) is 17.3 Å². The topological polar surface area (TPSA) is 51.7 Å². The molecule has 21 heavy (non-hydrogen) atoms. The molecule has 0 spiro atoms. The summed E-state index contributed by atoms with van der Waals surface area (Å²) in [7, 11) is 1.81.